The van der Waals surface area contributed by atoms with E-state index in [4.69, 9.17) is 4.74 Å². The molecule has 2 nitrogen and oxygen atoms in total. The molecule has 0 fully saturated rings. The minimum atomic E-state index is 0.386. The number of benzene rings is 1. The van der Waals surface area contributed by atoms with Gasteiger partial charge in [-0.2, -0.15) is 0 Å². The van der Waals surface area contributed by atoms with Crippen LogP contribution in [0.2, 0.25) is 0 Å². The predicted molar refractivity (Wildman–Crippen MR) is 78.1 cm³/mol. The molecule has 1 rings (SSSR count). The van der Waals surface area contributed by atoms with Crippen molar-refractivity contribution >= 4 is 0 Å². The normalized spacial score (nSPS) is 14.2. The topological polar surface area (TPSA) is 21.3 Å². The summed E-state index contributed by atoms with van der Waals surface area (Å²) < 4.78 is 5.83. The number of rotatable bonds is 8. The van der Waals surface area contributed by atoms with Crippen LogP contribution >= 0.6 is 0 Å². The summed E-state index contributed by atoms with van der Waals surface area (Å²) in [5.74, 6) is 1.60. The van der Waals surface area contributed by atoms with Gasteiger partial charge in [0, 0.05) is 6.04 Å². The van der Waals surface area contributed by atoms with E-state index in [0.717, 1.165) is 31.7 Å². The molecule has 2 unspecified atom stereocenters. The summed E-state index contributed by atoms with van der Waals surface area (Å²) in [6, 6.07) is 8.81. The molecule has 1 aromatic rings. The largest absolute Gasteiger partial charge is 0.493 e. The van der Waals surface area contributed by atoms with Crippen LogP contribution in [0.25, 0.3) is 0 Å². The highest BCUT2D eigenvalue weighted by Gasteiger charge is 2.06. The zero-order valence-corrected chi connectivity index (χ0v) is 12.2. The SMILES string of the molecule is CCCNC(C)c1cccc(OCC(C)CC)c1. The summed E-state index contributed by atoms with van der Waals surface area (Å²) in [5.41, 5.74) is 1.30. The second kappa shape index (κ2) is 8.15. The Labute approximate surface area is 112 Å². The van der Waals surface area contributed by atoms with E-state index in [1.807, 2.05) is 6.07 Å². The maximum absolute atomic E-state index is 5.83. The summed E-state index contributed by atoms with van der Waals surface area (Å²) in [6.07, 6.45) is 2.32. The van der Waals surface area contributed by atoms with Gasteiger partial charge < -0.3 is 10.1 Å². The van der Waals surface area contributed by atoms with Crippen molar-refractivity contribution in [1.82, 2.24) is 5.32 Å². The molecular formula is C16H27NO. The van der Waals surface area contributed by atoms with Crippen LogP contribution in [0.3, 0.4) is 0 Å². The summed E-state index contributed by atoms with van der Waals surface area (Å²) in [5, 5.41) is 3.50. The second-order valence-corrected chi connectivity index (χ2v) is 5.07. The van der Waals surface area contributed by atoms with Crippen LogP contribution in [-0.2, 0) is 0 Å². The molecule has 0 bridgehead atoms. The van der Waals surface area contributed by atoms with Gasteiger partial charge in [0.1, 0.15) is 5.75 Å². The van der Waals surface area contributed by atoms with Crippen molar-refractivity contribution in [3.05, 3.63) is 29.8 Å². The molecule has 2 heteroatoms. The predicted octanol–water partition coefficient (Wildman–Crippen LogP) is 4.17. The van der Waals surface area contributed by atoms with Crippen molar-refractivity contribution < 1.29 is 4.74 Å². The summed E-state index contributed by atoms with van der Waals surface area (Å²) in [6.45, 7) is 10.7. The molecule has 2 atom stereocenters. The van der Waals surface area contributed by atoms with Crippen LogP contribution in [0.1, 0.15) is 52.1 Å². The minimum Gasteiger partial charge on any atom is -0.493 e. The first-order chi connectivity index (χ1) is 8.67. The smallest absolute Gasteiger partial charge is 0.119 e. The Morgan fingerprint density at radius 3 is 2.67 bits per heavy atom. The monoisotopic (exact) mass is 249 g/mol. The van der Waals surface area contributed by atoms with Gasteiger partial charge in [-0.25, -0.2) is 0 Å². The van der Waals surface area contributed by atoms with E-state index in [2.05, 4.69) is 51.2 Å². The van der Waals surface area contributed by atoms with Gasteiger partial charge in [0.15, 0.2) is 0 Å². The van der Waals surface area contributed by atoms with E-state index < -0.39 is 0 Å². The molecular weight excluding hydrogens is 222 g/mol. The Kier molecular flexibility index (Phi) is 6.81. The van der Waals surface area contributed by atoms with Gasteiger partial charge in [-0.1, -0.05) is 39.3 Å². The average molecular weight is 249 g/mol. The Hall–Kier alpha value is -1.02. The van der Waals surface area contributed by atoms with Crippen molar-refractivity contribution in [3.63, 3.8) is 0 Å². The van der Waals surface area contributed by atoms with Crippen LogP contribution in [0.15, 0.2) is 24.3 Å². The van der Waals surface area contributed by atoms with Crippen molar-refractivity contribution in [3.8, 4) is 5.75 Å². The molecule has 0 aliphatic rings. The molecule has 0 saturated carbocycles. The fourth-order valence-electron chi connectivity index (χ4n) is 1.71. The molecule has 0 radical (unpaired) electrons. The van der Waals surface area contributed by atoms with Crippen molar-refractivity contribution in [2.75, 3.05) is 13.2 Å². The lowest BCUT2D eigenvalue weighted by molar-refractivity contribution is 0.256. The average Bonchev–Trinajstić information content (AvgIpc) is 2.42. The van der Waals surface area contributed by atoms with E-state index in [1.165, 1.54) is 5.56 Å². The molecule has 0 aliphatic heterocycles. The highest BCUT2D eigenvalue weighted by atomic mass is 16.5. The van der Waals surface area contributed by atoms with Gasteiger partial charge in [0.2, 0.25) is 0 Å². The molecule has 1 aromatic carbocycles. The lowest BCUT2D eigenvalue weighted by atomic mass is 10.1. The van der Waals surface area contributed by atoms with Crippen molar-refractivity contribution in [2.24, 2.45) is 5.92 Å². The van der Waals surface area contributed by atoms with Crippen LogP contribution in [0.5, 0.6) is 5.75 Å². The zero-order valence-electron chi connectivity index (χ0n) is 12.2. The Balaban J connectivity index is 2.55. The van der Waals surface area contributed by atoms with Gasteiger partial charge >= 0.3 is 0 Å². The number of hydrogen-bond donors (Lipinski definition) is 1. The Bertz CT molecular complexity index is 338. The molecule has 18 heavy (non-hydrogen) atoms. The lowest BCUT2D eigenvalue weighted by Gasteiger charge is -2.16. The van der Waals surface area contributed by atoms with Gasteiger partial charge in [0.25, 0.3) is 0 Å². The van der Waals surface area contributed by atoms with E-state index in [9.17, 15) is 0 Å². The van der Waals surface area contributed by atoms with Crippen LogP contribution < -0.4 is 10.1 Å². The summed E-state index contributed by atoms with van der Waals surface area (Å²) in [7, 11) is 0. The van der Waals surface area contributed by atoms with E-state index in [1.54, 1.807) is 0 Å². The molecule has 0 aliphatic carbocycles. The third-order valence-electron chi connectivity index (χ3n) is 3.29. The summed E-state index contributed by atoms with van der Waals surface area (Å²) >= 11 is 0. The minimum absolute atomic E-state index is 0.386. The Morgan fingerprint density at radius 2 is 2.00 bits per heavy atom. The number of nitrogens with one attached hydrogen (secondary N) is 1. The number of hydrogen-bond acceptors (Lipinski definition) is 2. The third-order valence-corrected chi connectivity index (χ3v) is 3.29. The second-order valence-electron chi connectivity index (χ2n) is 5.07. The summed E-state index contributed by atoms with van der Waals surface area (Å²) in [4.78, 5) is 0. The van der Waals surface area contributed by atoms with Gasteiger partial charge in [0.05, 0.1) is 6.61 Å². The third kappa shape index (κ3) is 5.09. The van der Waals surface area contributed by atoms with Crippen LogP contribution in [0, 0.1) is 5.92 Å². The van der Waals surface area contributed by atoms with Crippen LogP contribution in [0.4, 0.5) is 0 Å². The molecule has 1 N–H and O–H groups in total. The first-order valence-electron chi connectivity index (χ1n) is 7.13. The molecule has 102 valence electrons. The van der Waals surface area contributed by atoms with E-state index >= 15 is 0 Å². The van der Waals surface area contributed by atoms with Gasteiger partial charge in [-0.15, -0.1) is 0 Å². The maximum Gasteiger partial charge on any atom is 0.119 e. The highest BCUT2D eigenvalue weighted by molar-refractivity contribution is 5.30. The first-order valence-corrected chi connectivity index (χ1v) is 7.13. The fraction of sp³-hybridized carbons (Fsp3) is 0.625. The quantitative estimate of drug-likeness (QED) is 0.746. The fourth-order valence-corrected chi connectivity index (χ4v) is 1.71. The van der Waals surface area contributed by atoms with Crippen LogP contribution in [-0.4, -0.2) is 13.2 Å². The lowest BCUT2D eigenvalue weighted by Crippen LogP contribution is -2.19. The molecule has 0 heterocycles. The molecule has 0 saturated heterocycles. The van der Waals surface area contributed by atoms with Crippen molar-refractivity contribution in [2.45, 2.75) is 46.6 Å². The van der Waals surface area contributed by atoms with E-state index in [-0.39, 0.29) is 0 Å². The molecule has 0 spiro atoms. The van der Waals surface area contributed by atoms with Crippen molar-refractivity contribution in [1.29, 1.82) is 0 Å². The zero-order chi connectivity index (χ0) is 13.4. The van der Waals surface area contributed by atoms with E-state index in [0.29, 0.717) is 12.0 Å². The molecule has 0 aromatic heterocycles. The van der Waals surface area contributed by atoms with Gasteiger partial charge in [-0.05, 0) is 43.5 Å². The standard InChI is InChI=1S/C16H27NO/c1-5-10-17-14(4)15-8-7-9-16(11-15)18-12-13(3)6-2/h7-9,11,13-14,17H,5-6,10,12H2,1-4H3. The van der Waals surface area contributed by atoms with Gasteiger partial charge in [-0.3, -0.25) is 0 Å². The number of ether oxygens (including phenoxy) is 1. The maximum atomic E-state index is 5.83. The molecule has 0 amide bonds. The first kappa shape index (κ1) is 15.0. The highest BCUT2D eigenvalue weighted by Crippen LogP contribution is 2.19. The Morgan fingerprint density at radius 1 is 1.22 bits per heavy atom.